The SMILES string of the molecule is CCCCC/C=C/C/C=C/C/C=C/CCCCCCC(=O)O[C@H](COC(=O)CCCCCCC/C=C/CCCCCC)COP(=O)(O)OC1C(O)C(O)C(O)[C@H](O)C1O. The Morgan fingerprint density at radius 3 is 1.44 bits per heavy atom. The van der Waals surface area contributed by atoms with E-state index >= 15 is 0 Å². The van der Waals surface area contributed by atoms with Gasteiger partial charge in [0.1, 0.15) is 43.2 Å². The van der Waals surface area contributed by atoms with Gasteiger partial charge in [-0.05, 0) is 77.0 Å². The third-order valence-electron chi connectivity index (χ3n) is 10.1. The number of ether oxygens (including phenoxy) is 2. The van der Waals surface area contributed by atoms with Crippen LogP contribution in [0.4, 0.5) is 0 Å². The van der Waals surface area contributed by atoms with Crippen molar-refractivity contribution in [3.63, 3.8) is 0 Å². The molecule has 6 N–H and O–H groups in total. The first-order chi connectivity index (χ1) is 28.4. The molecule has 13 nitrogen and oxygen atoms in total. The van der Waals surface area contributed by atoms with Crippen LogP contribution in [0.5, 0.6) is 0 Å². The molecule has 1 rings (SSSR count). The number of phosphoric ester groups is 1. The van der Waals surface area contributed by atoms with Crippen LogP contribution in [-0.2, 0) is 32.7 Å². The van der Waals surface area contributed by atoms with Crippen LogP contribution in [-0.4, -0.2) is 98.3 Å². The minimum Gasteiger partial charge on any atom is -0.462 e. The molecule has 59 heavy (non-hydrogen) atoms. The lowest BCUT2D eigenvalue weighted by Gasteiger charge is -2.41. The normalized spacial score (nSPS) is 22.8. The number of aliphatic hydroxyl groups is 5. The Kier molecular flexibility index (Phi) is 32.9. The molecule has 0 aliphatic heterocycles. The molecule has 0 amide bonds. The Bertz CT molecular complexity index is 1220. The summed E-state index contributed by atoms with van der Waals surface area (Å²) >= 11 is 0. The van der Waals surface area contributed by atoms with Crippen molar-refractivity contribution in [1.29, 1.82) is 0 Å². The molecule has 342 valence electrons. The van der Waals surface area contributed by atoms with Crippen molar-refractivity contribution < 1.29 is 63.1 Å². The predicted molar refractivity (Wildman–Crippen MR) is 230 cm³/mol. The molecule has 1 saturated carbocycles. The van der Waals surface area contributed by atoms with E-state index in [1.54, 1.807) is 0 Å². The van der Waals surface area contributed by atoms with E-state index in [0.29, 0.717) is 12.8 Å². The van der Waals surface area contributed by atoms with Gasteiger partial charge in [-0.25, -0.2) is 4.57 Å². The second kappa shape index (κ2) is 35.4. The van der Waals surface area contributed by atoms with Crippen LogP contribution in [0.15, 0.2) is 48.6 Å². The van der Waals surface area contributed by atoms with Crippen LogP contribution in [0.3, 0.4) is 0 Å². The number of rotatable bonds is 36. The monoisotopic (exact) mass is 859 g/mol. The smallest absolute Gasteiger partial charge is 0.462 e. The first-order valence-corrected chi connectivity index (χ1v) is 23.9. The molecule has 6 unspecified atom stereocenters. The lowest BCUT2D eigenvalue weighted by atomic mass is 9.85. The van der Waals surface area contributed by atoms with Crippen LogP contribution in [0.1, 0.15) is 168 Å². The summed E-state index contributed by atoms with van der Waals surface area (Å²) in [4.78, 5) is 35.6. The van der Waals surface area contributed by atoms with Crippen LogP contribution in [0, 0.1) is 0 Å². The third-order valence-corrected chi connectivity index (χ3v) is 11.1. The van der Waals surface area contributed by atoms with E-state index in [0.717, 1.165) is 83.5 Å². The summed E-state index contributed by atoms with van der Waals surface area (Å²) < 4.78 is 33.4. The Morgan fingerprint density at radius 1 is 0.525 bits per heavy atom. The van der Waals surface area contributed by atoms with Gasteiger partial charge in [0.15, 0.2) is 6.10 Å². The van der Waals surface area contributed by atoms with Gasteiger partial charge in [-0.3, -0.25) is 18.6 Å². The molecule has 0 heterocycles. The van der Waals surface area contributed by atoms with E-state index in [-0.39, 0.29) is 12.8 Å². The van der Waals surface area contributed by atoms with Gasteiger partial charge in [-0.2, -0.15) is 0 Å². The van der Waals surface area contributed by atoms with Gasteiger partial charge >= 0.3 is 19.8 Å². The van der Waals surface area contributed by atoms with Gasteiger partial charge in [-0.1, -0.05) is 127 Å². The number of unbranched alkanes of at least 4 members (excludes halogenated alkanes) is 16. The van der Waals surface area contributed by atoms with Crippen molar-refractivity contribution in [3.05, 3.63) is 48.6 Å². The number of hydrogen-bond acceptors (Lipinski definition) is 12. The molecular formula is C45H79O13P. The average molecular weight is 859 g/mol. The average Bonchev–Trinajstić information content (AvgIpc) is 3.21. The largest absolute Gasteiger partial charge is 0.472 e. The molecule has 0 radical (unpaired) electrons. The molecule has 0 spiro atoms. The molecule has 0 bridgehead atoms. The highest BCUT2D eigenvalue weighted by Crippen LogP contribution is 2.47. The number of carbonyl (C=O) groups excluding carboxylic acids is 2. The van der Waals surface area contributed by atoms with Gasteiger partial charge in [-0.15, -0.1) is 0 Å². The maximum absolute atomic E-state index is 12.8. The summed E-state index contributed by atoms with van der Waals surface area (Å²) in [6.07, 6.45) is 27.4. The number of aliphatic hydroxyl groups excluding tert-OH is 5. The van der Waals surface area contributed by atoms with E-state index in [1.807, 2.05) is 0 Å². The zero-order valence-corrected chi connectivity index (χ0v) is 36.9. The fourth-order valence-electron chi connectivity index (χ4n) is 6.46. The van der Waals surface area contributed by atoms with Gasteiger partial charge < -0.3 is 39.9 Å². The Labute approximate surface area is 354 Å². The first kappa shape index (κ1) is 54.8. The highest BCUT2D eigenvalue weighted by molar-refractivity contribution is 7.47. The fourth-order valence-corrected chi connectivity index (χ4v) is 7.44. The lowest BCUT2D eigenvalue weighted by molar-refractivity contribution is -0.220. The summed E-state index contributed by atoms with van der Waals surface area (Å²) in [5, 5.41) is 50.1. The molecule has 0 aromatic heterocycles. The van der Waals surface area contributed by atoms with E-state index in [2.05, 4.69) is 62.5 Å². The molecule has 1 fully saturated rings. The Morgan fingerprint density at radius 2 is 0.915 bits per heavy atom. The minimum absolute atomic E-state index is 0.0682. The van der Waals surface area contributed by atoms with E-state index in [4.69, 9.17) is 18.5 Å². The van der Waals surface area contributed by atoms with Crippen molar-refractivity contribution in [2.45, 2.75) is 211 Å². The minimum atomic E-state index is -5.12. The number of esters is 2. The molecule has 0 aromatic rings. The number of hydrogen-bond donors (Lipinski definition) is 6. The zero-order chi connectivity index (χ0) is 43.6. The van der Waals surface area contributed by atoms with Crippen LogP contribution < -0.4 is 0 Å². The maximum Gasteiger partial charge on any atom is 0.472 e. The lowest BCUT2D eigenvalue weighted by Crippen LogP contribution is -2.64. The number of carbonyl (C=O) groups is 2. The van der Waals surface area contributed by atoms with Crippen molar-refractivity contribution >= 4 is 19.8 Å². The van der Waals surface area contributed by atoms with Crippen molar-refractivity contribution in [2.24, 2.45) is 0 Å². The van der Waals surface area contributed by atoms with Gasteiger partial charge in [0.25, 0.3) is 0 Å². The van der Waals surface area contributed by atoms with Crippen LogP contribution >= 0.6 is 7.82 Å². The number of allylic oxidation sites excluding steroid dienone is 8. The van der Waals surface area contributed by atoms with Crippen molar-refractivity contribution in [2.75, 3.05) is 13.2 Å². The predicted octanol–water partition coefficient (Wildman–Crippen LogP) is 8.39. The van der Waals surface area contributed by atoms with Gasteiger partial charge in [0.2, 0.25) is 0 Å². The molecule has 14 heteroatoms. The quantitative estimate of drug-likeness (QED) is 0.0152. The highest BCUT2D eigenvalue weighted by atomic mass is 31.2. The van der Waals surface area contributed by atoms with Crippen LogP contribution in [0.25, 0.3) is 0 Å². The molecular weight excluding hydrogens is 779 g/mol. The molecule has 0 aromatic carbocycles. The third kappa shape index (κ3) is 28.1. The van der Waals surface area contributed by atoms with Crippen molar-refractivity contribution in [3.8, 4) is 0 Å². The zero-order valence-electron chi connectivity index (χ0n) is 36.0. The molecule has 0 saturated heterocycles. The molecule has 1 aliphatic carbocycles. The highest BCUT2D eigenvalue weighted by Gasteiger charge is 2.51. The standard InChI is InChI=1S/C45H79O13P/c1-3-5-7-9-11-13-15-17-18-19-20-22-24-26-28-30-32-34-39(47)57-37(36-56-59(53,54)58-45-43(51)41(49)40(48)42(50)44(45)52)35-55-38(46)33-31-29-27-25-23-21-16-14-12-10-8-6-4-2/h11,13-14,16-18,20,22,37,40-45,48-52H,3-10,12,15,19,21,23-36H2,1-2H3,(H,53,54)/b13-11+,16-14+,18-17+,22-20+/t37-,40?,41+,42?,43?,44?,45?/m1/s1. The summed E-state index contributed by atoms with van der Waals surface area (Å²) in [5.41, 5.74) is 0. The van der Waals surface area contributed by atoms with Crippen molar-refractivity contribution in [1.82, 2.24) is 0 Å². The molecule has 8 atom stereocenters. The van der Waals surface area contributed by atoms with Gasteiger partial charge in [0.05, 0.1) is 6.61 Å². The summed E-state index contributed by atoms with van der Waals surface area (Å²) in [6, 6.07) is 0. The van der Waals surface area contributed by atoms with Crippen LogP contribution in [0.2, 0.25) is 0 Å². The summed E-state index contributed by atoms with van der Waals surface area (Å²) in [6.45, 7) is 3.21. The van der Waals surface area contributed by atoms with E-state index < -0.39 is 75.7 Å². The number of phosphoric acid groups is 1. The maximum atomic E-state index is 12.8. The first-order valence-electron chi connectivity index (χ1n) is 22.4. The second-order valence-corrected chi connectivity index (χ2v) is 16.9. The Hall–Kier alpha value is -2.19. The summed E-state index contributed by atoms with van der Waals surface area (Å²) in [7, 11) is -5.12. The van der Waals surface area contributed by atoms with E-state index in [1.165, 1.54) is 44.9 Å². The van der Waals surface area contributed by atoms with E-state index in [9.17, 15) is 44.6 Å². The molecule has 1 aliphatic rings. The topological polar surface area (TPSA) is 210 Å². The summed E-state index contributed by atoms with van der Waals surface area (Å²) in [5.74, 6) is -1.14. The van der Waals surface area contributed by atoms with Gasteiger partial charge in [0, 0.05) is 12.8 Å². The Balaban J connectivity index is 2.51. The second-order valence-electron chi connectivity index (χ2n) is 15.5. The fraction of sp³-hybridized carbons (Fsp3) is 0.778.